The largest absolute Gasteiger partial charge is 0.451 e. The first-order valence-electron chi connectivity index (χ1n) is 9.74. The first-order chi connectivity index (χ1) is 15.0. The minimum Gasteiger partial charge on any atom is -0.451 e. The van der Waals surface area contributed by atoms with Gasteiger partial charge in [0.2, 0.25) is 0 Å². The van der Waals surface area contributed by atoms with Crippen LogP contribution in [-0.4, -0.2) is 28.5 Å². The highest BCUT2D eigenvalue weighted by Gasteiger charge is 2.31. The number of carbonyl (C=O) groups is 2. The van der Waals surface area contributed by atoms with E-state index in [1.165, 1.54) is 12.1 Å². The zero-order valence-corrected chi connectivity index (χ0v) is 18.0. The number of imidazole rings is 1. The number of alkyl halides is 3. The summed E-state index contributed by atoms with van der Waals surface area (Å²) in [6.45, 7) is 6.69. The molecule has 0 aliphatic rings. The predicted octanol–water partition coefficient (Wildman–Crippen LogP) is 5.12. The maximum atomic E-state index is 13.0. The summed E-state index contributed by atoms with van der Waals surface area (Å²) >= 11 is 0. The Balaban J connectivity index is 1.69. The molecule has 2 aromatic carbocycles. The molecular weight excluding hydrogens is 423 g/mol. The number of aromatic nitrogens is 2. The Morgan fingerprint density at radius 1 is 1.06 bits per heavy atom. The van der Waals surface area contributed by atoms with E-state index in [0.29, 0.717) is 11.4 Å². The van der Waals surface area contributed by atoms with E-state index in [4.69, 9.17) is 4.74 Å². The number of rotatable bonds is 5. The Labute approximate surface area is 182 Å². The number of ether oxygens (including phenoxy) is 1. The van der Waals surface area contributed by atoms with Crippen molar-refractivity contribution in [1.82, 2.24) is 9.97 Å². The number of hydrogen-bond donors (Lipinski definition) is 2. The third-order valence-electron chi connectivity index (χ3n) is 4.82. The molecular formula is C23H22F3N3O3. The maximum Gasteiger partial charge on any atom is 0.416 e. The molecule has 32 heavy (non-hydrogen) atoms. The van der Waals surface area contributed by atoms with Gasteiger partial charge in [0.25, 0.3) is 5.91 Å². The minimum atomic E-state index is -4.50. The van der Waals surface area contributed by atoms with Gasteiger partial charge < -0.3 is 15.0 Å². The summed E-state index contributed by atoms with van der Waals surface area (Å²) < 4.78 is 43.9. The molecule has 0 spiro atoms. The zero-order chi connectivity index (χ0) is 23.6. The normalized spacial score (nSPS) is 11.3. The van der Waals surface area contributed by atoms with Gasteiger partial charge in [0.15, 0.2) is 12.3 Å². The Bertz CT molecular complexity index is 1160. The molecule has 3 aromatic rings. The number of aryl methyl sites for hydroxylation is 4. The van der Waals surface area contributed by atoms with E-state index in [9.17, 15) is 22.8 Å². The van der Waals surface area contributed by atoms with E-state index >= 15 is 0 Å². The van der Waals surface area contributed by atoms with Crippen LogP contribution in [0.3, 0.4) is 0 Å². The fourth-order valence-corrected chi connectivity index (χ4v) is 3.39. The maximum absolute atomic E-state index is 13.0. The molecule has 3 rings (SSSR count). The second kappa shape index (κ2) is 8.86. The average molecular weight is 445 g/mol. The van der Waals surface area contributed by atoms with Crippen molar-refractivity contribution >= 4 is 17.6 Å². The Morgan fingerprint density at radius 3 is 2.34 bits per heavy atom. The van der Waals surface area contributed by atoms with Crippen LogP contribution >= 0.6 is 0 Å². The Kier molecular flexibility index (Phi) is 6.38. The molecule has 0 fully saturated rings. The van der Waals surface area contributed by atoms with Crippen molar-refractivity contribution in [2.45, 2.75) is 33.9 Å². The number of anilines is 1. The summed E-state index contributed by atoms with van der Waals surface area (Å²) in [6, 6.07) is 8.45. The van der Waals surface area contributed by atoms with Crippen LogP contribution in [0.1, 0.15) is 38.4 Å². The monoisotopic (exact) mass is 445 g/mol. The number of carbonyl (C=O) groups excluding carboxylic acids is 2. The summed E-state index contributed by atoms with van der Waals surface area (Å²) in [5.41, 5.74) is 3.04. The van der Waals surface area contributed by atoms with Crippen molar-refractivity contribution in [3.05, 3.63) is 70.0 Å². The van der Waals surface area contributed by atoms with Gasteiger partial charge in [0, 0.05) is 16.9 Å². The number of benzene rings is 2. The lowest BCUT2D eigenvalue weighted by Gasteiger charge is -2.12. The van der Waals surface area contributed by atoms with E-state index in [1.807, 2.05) is 32.9 Å². The second-order valence-electron chi connectivity index (χ2n) is 7.54. The fraction of sp³-hybridized carbons (Fsp3) is 0.261. The van der Waals surface area contributed by atoms with Gasteiger partial charge in [0.1, 0.15) is 5.82 Å². The number of hydrogen-bond acceptors (Lipinski definition) is 4. The predicted molar refractivity (Wildman–Crippen MR) is 113 cm³/mol. The van der Waals surface area contributed by atoms with Crippen molar-refractivity contribution in [2.24, 2.45) is 0 Å². The summed E-state index contributed by atoms with van der Waals surface area (Å²) in [7, 11) is 0. The SMILES string of the molecule is Cc1cc(C)c(NC(=O)COC(=O)c2nc(-c3cccc(C(F)(F)F)c3)[nH]c2C)c(C)c1. The molecule has 6 nitrogen and oxygen atoms in total. The molecule has 0 unspecified atom stereocenters. The third kappa shape index (κ3) is 5.16. The number of aromatic amines is 1. The minimum absolute atomic E-state index is 0.0934. The highest BCUT2D eigenvalue weighted by Crippen LogP contribution is 2.31. The van der Waals surface area contributed by atoms with E-state index in [-0.39, 0.29) is 17.1 Å². The van der Waals surface area contributed by atoms with Gasteiger partial charge in [0.05, 0.1) is 5.56 Å². The second-order valence-corrected chi connectivity index (χ2v) is 7.54. The van der Waals surface area contributed by atoms with Crippen LogP contribution in [0.2, 0.25) is 0 Å². The molecule has 0 aliphatic heterocycles. The molecule has 0 atom stereocenters. The standard InChI is InChI=1S/C23H22F3N3O3/c1-12-8-13(2)19(14(3)9-12)28-18(30)11-32-22(31)20-15(4)27-21(29-20)16-6-5-7-17(10-16)23(24,25)26/h5-10H,11H2,1-4H3,(H,27,29)(H,28,30). The summed E-state index contributed by atoms with van der Waals surface area (Å²) in [5, 5.41) is 2.73. The van der Waals surface area contributed by atoms with Crippen LogP contribution < -0.4 is 5.32 Å². The lowest BCUT2D eigenvalue weighted by Crippen LogP contribution is -2.22. The van der Waals surface area contributed by atoms with Gasteiger partial charge >= 0.3 is 12.1 Å². The number of H-pyrrole nitrogens is 1. The first-order valence-corrected chi connectivity index (χ1v) is 9.74. The molecule has 0 saturated carbocycles. The van der Waals surface area contributed by atoms with Crippen molar-refractivity contribution in [3.8, 4) is 11.4 Å². The number of amides is 1. The van der Waals surface area contributed by atoms with Gasteiger partial charge in [-0.3, -0.25) is 4.79 Å². The number of nitrogens with zero attached hydrogens (tertiary/aromatic N) is 1. The van der Waals surface area contributed by atoms with E-state index in [0.717, 1.165) is 28.8 Å². The molecule has 9 heteroatoms. The lowest BCUT2D eigenvalue weighted by molar-refractivity contribution is -0.137. The third-order valence-corrected chi connectivity index (χ3v) is 4.82. The molecule has 1 amide bonds. The van der Waals surface area contributed by atoms with Crippen LogP contribution in [0.15, 0.2) is 36.4 Å². The van der Waals surface area contributed by atoms with E-state index in [2.05, 4.69) is 15.3 Å². The van der Waals surface area contributed by atoms with E-state index < -0.39 is 30.2 Å². The molecule has 2 N–H and O–H groups in total. The average Bonchev–Trinajstić information content (AvgIpc) is 3.10. The topological polar surface area (TPSA) is 84.1 Å². The summed E-state index contributed by atoms with van der Waals surface area (Å²) in [4.78, 5) is 31.5. The Hall–Kier alpha value is -3.62. The molecule has 0 radical (unpaired) electrons. The number of nitrogens with one attached hydrogen (secondary N) is 2. The smallest absolute Gasteiger partial charge is 0.416 e. The van der Waals surface area contributed by atoms with Crippen LogP contribution in [0, 0.1) is 27.7 Å². The van der Waals surface area contributed by atoms with Gasteiger partial charge in [-0.1, -0.05) is 29.8 Å². The molecule has 0 aliphatic carbocycles. The quantitative estimate of drug-likeness (QED) is 0.534. The van der Waals surface area contributed by atoms with Crippen molar-refractivity contribution in [1.29, 1.82) is 0 Å². The molecule has 0 saturated heterocycles. The highest BCUT2D eigenvalue weighted by molar-refractivity contribution is 5.96. The van der Waals surface area contributed by atoms with Crippen molar-refractivity contribution in [2.75, 3.05) is 11.9 Å². The van der Waals surface area contributed by atoms with E-state index in [1.54, 1.807) is 6.92 Å². The van der Waals surface area contributed by atoms with Gasteiger partial charge in [-0.2, -0.15) is 13.2 Å². The molecule has 0 bridgehead atoms. The fourth-order valence-electron chi connectivity index (χ4n) is 3.39. The number of esters is 1. The van der Waals surface area contributed by atoms with Crippen molar-refractivity contribution in [3.63, 3.8) is 0 Å². The van der Waals surface area contributed by atoms with Gasteiger partial charge in [-0.15, -0.1) is 0 Å². The van der Waals surface area contributed by atoms with Gasteiger partial charge in [-0.25, -0.2) is 9.78 Å². The van der Waals surface area contributed by atoms with Gasteiger partial charge in [-0.05, 0) is 51.0 Å². The molecule has 1 aromatic heterocycles. The van der Waals surface area contributed by atoms with Crippen LogP contribution in [0.4, 0.5) is 18.9 Å². The number of halogens is 3. The van der Waals surface area contributed by atoms with Crippen LogP contribution in [-0.2, 0) is 15.7 Å². The summed E-state index contributed by atoms with van der Waals surface area (Å²) in [6.07, 6.45) is -4.50. The zero-order valence-electron chi connectivity index (χ0n) is 18.0. The first kappa shape index (κ1) is 23.1. The van der Waals surface area contributed by atoms with Crippen LogP contribution in [0.25, 0.3) is 11.4 Å². The Morgan fingerprint density at radius 2 is 1.72 bits per heavy atom. The van der Waals surface area contributed by atoms with Crippen molar-refractivity contribution < 1.29 is 27.5 Å². The molecule has 168 valence electrons. The highest BCUT2D eigenvalue weighted by atomic mass is 19.4. The van der Waals surface area contributed by atoms with Crippen LogP contribution in [0.5, 0.6) is 0 Å². The lowest BCUT2D eigenvalue weighted by atomic mass is 10.1. The molecule has 1 heterocycles. The summed E-state index contributed by atoms with van der Waals surface area (Å²) in [5.74, 6) is -1.28.